The van der Waals surface area contributed by atoms with E-state index in [0.29, 0.717) is 13.2 Å². The fourth-order valence-corrected chi connectivity index (χ4v) is 2.12. The number of aromatic nitrogens is 2. The second-order valence-electron chi connectivity index (χ2n) is 5.51. The van der Waals surface area contributed by atoms with Gasteiger partial charge in [0.2, 0.25) is 0 Å². The van der Waals surface area contributed by atoms with Crippen LogP contribution in [0.3, 0.4) is 0 Å². The Bertz CT molecular complexity index is 589. The summed E-state index contributed by atoms with van der Waals surface area (Å²) in [6.07, 6.45) is 0.757. The standard InChI is InChI=1S/C14H26N4O3/c1-6-7-18-12(15)11(13(19)17(4)14(18)20)16-10(8-21-5)9(2)3/h9-10,16H,6-8,15H2,1-5H3. The topological polar surface area (TPSA) is 91.3 Å². The van der Waals surface area contributed by atoms with Crippen LogP contribution in [0.25, 0.3) is 0 Å². The molecule has 1 rings (SSSR count). The van der Waals surface area contributed by atoms with Crippen LogP contribution in [-0.4, -0.2) is 28.9 Å². The number of methoxy groups -OCH3 is 1. The Balaban J connectivity index is 3.35. The highest BCUT2D eigenvalue weighted by atomic mass is 16.5. The monoisotopic (exact) mass is 298 g/mol. The third-order valence-electron chi connectivity index (χ3n) is 3.51. The number of ether oxygens (including phenoxy) is 1. The van der Waals surface area contributed by atoms with Gasteiger partial charge in [0.25, 0.3) is 5.56 Å². The van der Waals surface area contributed by atoms with Crippen molar-refractivity contribution in [3.8, 4) is 0 Å². The van der Waals surface area contributed by atoms with Gasteiger partial charge in [0.1, 0.15) is 11.5 Å². The van der Waals surface area contributed by atoms with Crippen LogP contribution in [0, 0.1) is 5.92 Å². The van der Waals surface area contributed by atoms with Gasteiger partial charge in [0.15, 0.2) is 0 Å². The molecule has 0 fully saturated rings. The number of nitrogens with one attached hydrogen (secondary N) is 1. The smallest absolute Gasteiger partial charge is 0.332 e. The summed E-state index contributed by atoms with van der Waals surface area (Å²) in [5.41, 5.74) is 5.49. The third kappa shape index (κ3) is 3.66. The normalized spacial score (nSPS) is 12.7. The number of nitrogens with two attached hydrogens (primary N) is 1. The first kappa shape index (κ1) is 17.3. The molecule has 0 aliphatic rings. The summed E-state index contributed by atoms with van der Waals surface area (Å²) in [4.78, 5) is 24.4. The number of nitrogens with zero attached hydrogens (tertiary/aromatic N) is 2. The maximum absolute atomic E-state index is 12.3. The van der Waals surface area contributed by atoms with Gasteiger partial charge in [-0.1, -0.05) is 20.8 Å². The molecule has 120 valence electrons. The van der Waals surface area contributed by atoms with E-state index in [0.717, 1.165) is 11.0 Å². The molecule has 21 heavy (non-hydrogen) atoms. The van der Waals surface area contributed by atoms with Crippen molar-refractivity contribution in [3.63, 3.8) is 0 Å². The van der Waals surface area contributed by atoms with E-state index in [9.17, 15) is 9.59 Å². The highest BCUT2D eigenvalue weighted by Crippen LogP contribution is 2.15. The van der Waals surface area contributed by atoms with Crippen molar-refractivity contribution in [3.05, 3.63) is 20.8 Å². The van der Waals surface area contributed by atoms with Gasteiger partial charge in [-0.25, -0.2) is 4.79 Å². The van der Waals surface area contributed by atoms with Crippen LogP contribution in [-0.2, 0) is 18.3 Å². The molecule has 1 aromatic heterocycles. The molecule has 0 spiro atoms. The Kier molecular flexibility index (Phi) is 6.02. The van der Waals surface area contributed by atoms with Gasteiger partial charge in [-0.05, 0) is 12.3 Å². The zero-order valence-electron chi connectivity index (χ0n) is 13.5. The van der Waals surface area contributed by atoms with E-state index < -0.39 is 11.2 Å². The molecule has 0 bridgehead atoms. The van der Waals surface area contributed by atoms with Gasteiger partial charge in [-0.3, -0.25) is 13.9 Å². The molecule has 1 heterocycles. The van der Waals surface area contributed by atoms with Crippen molar-refractivity contribution >= 4 is 11.5 Å². The van der Waals surface area contributed by atoms with Crippen LogP contribution >= 0.6 is 0 Å². The van der Waals surface area contributed by atoms with Crippen LogP contribution in [0.1, 0.15) is 27.2 Å². The largest absolute Gasteiger partial charge is 0.383 e. The molecule has 7 nitrogen and oxygen atoms in total. The summed E-state index contributed by atoms with van der Waals surface area (Å²) in [6, 6.07) is -0.0578. The second-order valence-corrected chi connectivity index (χ2v) is 5.51. The van der Waals surface area contributed by atoms with Crippen LogP contribution in [0.4, 0.5) is 11.5 Å². The molecule has 0 aliphatic carbocycles. The SMILES string of the molecule is CCCn1c(N)c(NC(COC)C(C)C)c(=O)n(C)c1=O. The quantitative estimate of drug-likeness (QED) is 0.770. The third-order valence-corrected chi connectivity index (χ3v) is 3.51. The summed E-state index contributed by atoms with van der Waals surface area (Å²) in [5.74, 6) is 0.437. The van der Waals surface area contributed by atoms with E-state index in [1.165, 1.54) is 11.6 Å². The number of anilines is 2. The van der Waals surface area contributed by atoms with Gasteiger partial charge in [-0.2, -0.15) is 0 Å². The molecular formula is C14H26N4O3. The fourth-order valence-electron chi connectivity index (χ4n) is 2.12. The highest BCUT2D eigenvalue weighted by molar-refractivity contribution is 5.61. The number of rotatable bonds is 7. The average molecular weight is 298 g/mol. The molecule has 3 N–H and O–H groups in total. The maximum atomic E-state index is 12.3. The molecule has 0 aliphatic heterocycles. The van der Waals surface area contributed by atoms with Crippen molar-refractivity contribution in [2.75, 3.05) is 24.8 Å². The van der Waals surface area contributed by atoms with E-state index >= 15 is 0 Å². The molecule has 0 amide bonds. The van der Waals surface area contributed by atoms with Gasteiger partial charge < -0.3 is 15.8 Å². The molecule has 0 saturated heterocycles. The number of hydrogen-bond donors (Lipinski definition) is 2. The van der Waals surface area contributed by atoms with Crippen LogP contribution in [0.15, 0.2) is 9.59 Å². The highest BCUT2D eigenvalue weighted by Gasteiger charge is 2.20. The van der Waals surface area contributed by atoms with Gasteiger partial charge in [0, 0.05) is 20.7 Å². The zero-order valence-corrected chi connectivity index (χ0v) is 13.5. The lowest BCUT2D eigenvalue weighted by molar-refractivity contribution is 0.171. The Morgan fingerprint density at radius 2 is 1.95 bits per heavy atom. The molecule has 0 aromatic carbocycles. The summed E-state index contributed by atoms with van der Waals surface area (Å²) in [6.45, 7) is 6.93. The molecular weight excluding hydrogens is 272 g/mol. The molecule has 7 heteroatoms. The van der Waals surface area contributed by atoms with Crippen molar-refractivity contribution < 1.29 is 4.74 Å². The van der Waals surface area contributed by atoms with Crippen LogP contribution in [0.2, 0.25) is 0 Å². The molecule has 0 radical (unpaired) electrons. The number of hydrogen-bond acceptors (Lipinski definition) is 5. The van der Waals surface area contributed by atoms with Gasteiger partial charge in [0.05, 0.1) is 12.6 Å². The van der Waals surface area contributed by atoms with Crippen molar-refractivity contribution in [2.24, 2.45) is 13.0 Å². The Labute approximate surface area is 124 Å². The average Bonchev–Trinajstić information content (AvgIpc) is 2.44. The molecule has 0 saturated carbocycles. The summed E-state index contributed by atoms with van der Waals surface area (Å²) >= 11 is 0. The number of nitrogen functional groups attached to an aromatic ring is 1. The van der Waals surface area contributed by atoms with Crippen LogP contribution in [0.5, 0.6) is 0 Å². The molecule has 1 atom stereocenters. The summed E-state index contributed by atoms with van der Waals surface area (Å²) in [7, 11) is 3.07. The Morgan fingerprint density at radius 1 is 1.33 bits per heavy atom. The van der Waals surface area contributed by atoms with Crippen molar-refractivity contribution in [1.29, 1.82) is 0 Å². The first-order valence-electron chi connectivity index (χ1n) is 7.19. The summed E-state index contributed by atoms with van der Waals surface area (Å²) < 4.78 is 7.67. The lowest BCUT2D eigenvalue weighted by Gasteiger charge is -2.24. The minimum absolute atomic E-state index is 0.0578. The van der Waals surface area contributed by atoms with E-state index in [2.05, 4.69) is 5.32 Å². The summed E-state index contributed by atoms with van der Waals surface area (Å²) in [5, 5.41) is 3.14. The molecule has 1 aromatic rings. The van der Waals surface area contributed by atoms with Gasteiger partial charge >= 0.3 is 5.69 Å². The maximum Gasteiger partial charge on any atom is 0.332 e. The lowest BCUT2D eigenvalue weighted by Crippen LogP contribution is -2.43. The van der Waals surface area contributed by atoms with E-state index in [4.69, 9.17) is 10.5 Å². The Hall–Kier alpha value is -1.76. The van der Waals surface area contributed by atoms with Crippen LogP contribution < -0.4 is 22.3 Å². The van der Waals surface area contributed by atoms with Crippen molar-refractivity contribution in [2.45, 2.75) is 39.8 Å². The van der Waals surface area contributed by atoms with E-state index in [1.54, 1.807) is 7.11 Å². The second kappa shape index (κ2) is 7.31. The van der Waals surface area contributed by atoms with E-state index in [-0.39, 0.29) is 23.5 Å². The zero-order chi connectivity index (χ0) is 16.2. The first-order chi connectivity index (χ1) is 9.84. The fraction of sp³-hybridized carbons (Fsp3) is 0.714. The minimum Gasteiger partial charge on any atom is -0.383 e. The van der Waals surface area contributed by atoms with E-state index in [1.807, 2.05) is 20.8 Å². The predicted molar refractivity (Wildman–Crippen MR) is 84.8 cm³/mol. The first-order valence-corrected chi connectivity index (χ1v) is 7.19. The Morgan fingerprint density at radius 3 is 2.43 bits per heavy atom. The lowest BCUT2D eigenvalue weighted by atomic mass is 10.1. The molecule has 1 unspecified atom stereocenters. The van der Waals surface area contributed by atoms with Crippen molar-refractivity contribution in [1.82, 2.24) is 9.13 Å². The predicted octanol–water partition coefficient (Wildman–Crippen LogP) is 0.622. The van der Waals surface area contributed by atoms with Gasteiger partial charge in [-0.15, -0.1) is 0 Å². The minimum atomic E-state index is -0.411.